The maximum atomic E-state index is 11.9. The van der Waals surface area contributed by atoms with Crippen LogP contribution in [0.25, 0.3) is 0 Å². The molecular weight excluding hydrogens is 256 g/mol. The van der Waals surface area contributed by atoms with Gasteiger partial charge in [0.2, 0.25) is 0 Å². The number of benzene rings is 1. The van der Waals surface area contributed by atoms with E-state index in [0.29, 0.717) is 4.90 Å². The van der Waals surface area contributed by atoms with Crippen molar-refractivity contribution in [1.82, 2.24) is 0 Å². The summed E-state index contributed by atoms with van der Waals surface area (Å²) in [6.07, 6.45) is 10.0. The molecule has 0 fully saturated rings. The van der Waals surface area contributed by atoms with Crippen LogP contribution >= 0.6 is 0 Å². The fourth-order valence-corrected chi connectivity index (χ4v) is 3.01. The second-order valence-electron chi connectivity index (χ2n) is 4.79. The number of unbranched alkanes of at least 4 members (excludes halogenated alkanes) is 6. The van der Waals surface area contributed by atoms with Gasteiger partial charge in [0, 0.05) is 5.41 Å². The second-order valence-corrected chi connectivity index (χ2v) is 6.62. The van der Waals surface area contributed by atoms with Gasteiger partial charge < -0.3 is 0 Å². The first-order valence-corrected chi connectivity index (χ1v) is 8.68. The Morgan fingerprint density at radius 2 is 1.58 bits per heavy atom. The molecule has 0 aromatic heterocycles. The van der Waals surface area contributed by atoms with Gasteiger partial charge in [0.1, 0.15) is 0 Å². The number of hydrogen-bond donors (Lipinski definition) is 0. The van der Waals surface area contributed by atoms with Crippen molar-refractivity contribution < 1.29 is 8.42 Å². The van der Waals surface area contributed by atoms with E-state index in [0.717, 1.165) is 12.8 Å². The molecule has 0 atom stereocenters. The van der Waals surface area contributed by atoms with E-state index in [9.17, 15) is 8.42 Å². The van der Waals surface area contributed by atoms with Crippen LogP contribution in [0.4, 0.5) is 0 Å². The lowest BCUT2D eigenvalue weighted by atomic mass is 10.1. The summed E-state index contributed by atoms with van der Waals surface area (Å²) in [5.74, 6) is 0. The summed E-state index contributed by atoms with van der Waals surface area (Å²) in [4.78, 5) is 0.370. The largest absolute Gasteiger partial charge is 0.219 e. The predicted octanol–water partition coefficient (Wildman–Crippen LogP) is 4.72. The third-order valence-corrected chi connectivity index (χ3v) is 4.55. The summed E-state index contributed by atoms with van der Waals surface area (Å²) in [7, 11) is -3.24. The molecular formula is C16H24O2S. The Bertz CT molecular complexity index is 461. The Morgan fingerprint density at radius 3 is 2.26 bits per heavy atom. The summed E-state index contributed by atoms with van der Waals surface area (Å²) >= 11 is 0. The van der Waals surface area contributed by atoms with Crippen molar-refractivity contribution in [1.29, 1.82) is 0 Å². The van der Waals surface area contributed by atoms with Gasteiger partial charge in [0.05, 0.1) is 4.90 Å². The molecule has 1 rings (SSSR count). The molecule has 0 N–H and O–H groups in total. The minimum absolute atomic E-state index is 0.370. The molecule has 0 saturated heterocycles. The molecule has 0 unspecified atom stereocenters. The predicted molar refractivity (Wildman–Crippen MR) is 80.8 cm³/mol. The van der Waals surface area contributed by atoms with Crippen LogP contribution in [0, 0.1) is 0 Å². The zero-order valence-corrected chi connectivity index (χ0v) is 12.5. The molecule has 1 aromatic carbocycles. The normalized spacial score (nSPS) is 12.1. The SMILES string of the molecule is CCCCCCCC/C=C\S(=O)(=O)c1ccccc1. The molecule has 0 aliphatic carbocycles. The lowest BCUT2D eigenvalue weighted by Gasteiger charge is -1.99. The van der Waals surface area contributed by atoms with Gasteiger partial charge in [-0.05, 0) is 25.0 Å². The zero-order valence-electron chi connectivity index (χ0n) is 11.7. The highest BCUT2D eigenvalue weighted by molar-refractivity contribution is 7.94. The lowest BCUT2D eigenvalue weighted by Crippen LogP contribution is -1.95. The van der Waals surface area contributed by atoms with Crippen molar-refractivity contribution in [3.63, 3.8) is 0 Å². The Hall–Kier alpha value is -1.09. The molecule has 0 spiro atoms. The zero-order chi connectivity index (χ0) is 14.0. The van der Waals surface area contributed by atoms with Gasteiger partial charge in [-0.2, -0.15) is 0 Å². The van der Waals surface area contributed by atoms with Crippen LogP contribution in [-0.4, -0.2) is 8.42 Å². The van der Waals surface area contributed by atoms with Gasteiger partial charge in [0.25, 0.3) is 0 Å². The highest BCUT2D eigenvalue weighted by Gasteiger charge is 2.07. The summed E-state index contributed by atoms with van der Waals surface area (Å²) < 4.78 is 23.8. The molecule has 106 valence electrons. The summed E-state index contributed by atoms with van der Waals surface area (Å²) in [6.45, 7) is 2.21. The Kier molecular flexibility index (Phi) is 7.49. The third kappa shape index (κ3) is 6.58. The van der Waals surface area contributed by atoms with Crippen LogP contribution in [-0.2, 0) is 9.84 Å². The number of hydrogen-bond acceptors (Lipinski definition) is 2. The number of rotatable bonds is 9. The Balaban J connectivity index is 2.29. The maximum Gasteiger partial charge on any atom is 0.199 e. The molecule has 0 heterocycles. The van der Waals surface area contributed by atoms with Crippen LogP contribution < -0.4 is 0 Å². The number of sulfone groups is 1. The van der Waals surface area contributed by atoms with Crippen molar-refractivity contribution in [2.75, 3.05) is 0 Å². The van der Waals surface area contributed by atoms with E-state index in [4.69, 9.17) is 0 Å². The molecule has 3 heteroatoms. The smallest absolute Gasteiger partial charge is 0.199 e. The van der Waals surface area contributed by atoms with E-state index >= 15 is 0 Å². The average Bonchev–Trinajstić information content (AvgIpc) is 2.43. The quantitative estimate of drug-likeness (QED) is 0.613. The van der Waals surface area contributed by atoms with Crippen molar-refractivity contribution in [2.24, 2.45) is 0 Å². The second kappa shape index (κ2) is 8.92. The summed E-state index contributed by atoms with van der Waals surface area (Å²) in [6, 6.07) is 8.57. The van der Waals surface area contributed by atoms with Gasteiger partial charge in [-0.1, -0.05) is 63.3 Å². The van der Waals surface area contributed by atoms with Gasteiger partial charge in [-0.3, -0.25) is 0 Å². The Labute approximate surface area is 117 Å². The van der Waals surface area contributed by atoms with Crippen LogP contribution in [0.3, 0.4) is 0 Å². The fourth-order valence-electron chi connectivity index (χ4n) is 1.93. The first-order valence-electron chi connectivity index (χ1n) is 7.13. The van der Waals surface area contributed by atoms with E-state index in [1.54, 1.807) is 30.3 Å². The molecule has 19 heavy (non-hydrogen) atoms. The van der Waals surface area contributed by atoms with E-state index in [2.05, 4.69) is 6.92 Å². The minimum Gasteiger partial charge on any atom is -0.219 e. The van der Waals surface area contributed by atoms with Gasteiger partial charge in [0.15, 0.2) is 9.84 Å². The van der Waals surface area contributed by atoms with Crippen molar-refractivity contribution in [2.45, 2.75) is 56.8 Å². The highest BCUT2D eigenvalue weighted by atomic mass is 32.2. The standard InChI is InChI=1S/C16H24O2S/c1-2-3-4-5-6-7-8-12-15-19(17,18)16-13-10-9-11-14-16/h9-15H,2-8H2,1H3/b15-12-. The molecule has 0 saturated carbocycles. The van der Waals surface area contributed by atoms with Crippen molar-refractivity contribution in [3.8, 4) is 0 Å². The minimum atomic E-state index is -3.24. The van der Waals surface area contributed by atoms with Gasteiger partial charge in [-0.25, -0.2) is 8.42 Å². The molecule has 1 aromatic rings. The summed E-state index contributed by atoms with van der Waals surface area (Å²) in [5.41, 5.74) is 0. The van der Waals surface area contributed by atoms with E-state index in [-0.39, 0.29) is 0 Å². The molecule has 0 aliphatic rings. The third-order valence-electron chi connectivity index (χ3n) is 3.07. The summed E-state index contributed by atoms with van der Waals surface area (Å²) in [5, 5.41) is 1.34. The topological polar surface area (TPSA) is 34.1 Å². The maximum absolute atomic E-state index is 11.9. The van der Waals surface area contributed by atoms with Crippen LogP contribution in [0.1, 0.15) is 51.9 Å². The average molecular weight is 280 g/mol. The fraction of sp³-hybridized carbons (Fsp3) is 0.500. The molecule has 0 amide bonds. The Morgan fingerprint density at radius 1 is 0.947 bits per heavy atom. The van der Waals surface area contributed by atoms with Gasteiger partial charge >= 0.3 is 0 Å². The van der Waals surface area contributed by atoms with E-state index in [1.165, 1.54) is 37.5 Å². The van der Waals surface area contributed by atoms with E-state index in [1.807, 2.05) is 6.07 Å². The van der Waals surface area contributed by atoms with Crippen LogP contribution in [0.15, 0.2) is 46.7 Å². The first-order chi connectivity index (χ1) is 9.17. The van der Waals surface area contributed by atoms with Crippen molar-refractivity contribution >= 4 is 9.84 Å². The van der Waals surface area contributed by atoms with Gasteiger partial charge in [-0.15, -0.1) is 0 Å². The van der Waals surface area contributed by atoms with Crippen LogP contribution in [0.2, 0.25) is 0 Å². The molecule has 0 aliphatic heterocycles. The van der Waals surface area contributed by atoms with E-state index < -0.39 is 9.84 Å². The first kappa shape index (κ1) is 16.0. The monoisotopic (exact) mass is 280 g/mol. The van der Waals surface area contributed by atoms with Crippen molar-refractivity contribution in [3.05, 3.63) is 41.8 Å². The van der Waals surface area contributed by atoms with Crippen LogP contribution in [0.5, 0.6) is 0 Å². The molecule has 2 nitrogen and oxygen atoms in total. The highest BCUT2D eigenvalue weighted by Crippen LogP contribution is 2.12. The lowest BCUT2D eigenvalue weighted by molar-refractivity contribution is 0.603. The number of allylic oxidation sites excluding steroid dienone is 1. The molecule has 0 radical (unpaired) electrons. The molecule has 0 bridgehead atoms.